The van der Waals surface area contributed by atoms with Crippen LogP contribution in [-0.4, -0.2) is 4.98 Å². The number of benzene rings is 2. The molecule has 0 aliphatic rings. The molecular weight excluding hydrogens is 262 g/mol. The fourth-order valence-electron chi connectivity index (χ4n) is 2.09. The highest BCUT2D eigenvalue weighted by Crippen LogP contribution is 2.30. The second-order valence-corrected chi connectivity index (χ2v) is 4.79. The highest BCUT2D eigenvalue weighted by molar-refractivity contribution is 5.81. The Hall–Kier alpha value is -3.06. The third-order valence-corrected chi connectivity index (χ3v) is 3.19. The van der Waals surface area contributed by atoms with E-state index in [1.165, 1.54) is 0 Å². The number of nitriles is 1. The molecule has 0 atom stereocenters. The summed E-state index contributed by atoms with van der Waals surface area (Å²) < 4.78 is 5.76. The molecule has 4 nitrogen and oxygen atoms in total. The number of rotatable bonds is 2. The molecule has 3 rings (SSSR count). The minimum Gasteiger partial charge on any atom is -0.435 e. The van der Waals surface area contributed by atoms with Crippen molar-refractivity contribution in [2.45, 2.75) is 6.92 Å². The zero-order valence-corrected chi connectivity index (χ0v) is 11.5. The first kappa shape index (κ1) is 12.9. The molecule has 4 heteroatoms. The van der Waals surface area contributed by atoms with Gasteiger partial charge in [-0.3, -0.25) is 0 Å². The van der Waals surface area contributed by atoms with Gasteiger partial charge in [0.25, 0.3) is 0 Å². The van der Waals surface area contributed by atoms with E-state index in [1.807, 2.05) is 43.3 Å². The molecule has 1 aromatic heterocycles. The van der Waals surface area contributed by atoms with Gasteiger partial charge in [-0.1, -0.05) is 24.3 Å². The average Bonchev–Trinajstić information content (AvgIpc) is 2.50. The monoisotopic (exact) mass is 275 g/mol. The van der Waals surface area contributed by atoms with Crippen LogP contribution in [0.2, 0.25) is 0 Å². The van der Waals surface area contributed by atoms with Crippen LogP contribution < -0.4 is 10.5 Å². The summed E-state index contributed by atoms with van der Waals surface area (Å²) in [5.41, 5.74) is 8.61. The summed E-state index contributed by atoms with van der Waals surface area (Å²) in [6, 6.07) is 17.0. The van der Waals surface area contributed by atoms with E-state index >= 15 is 0 Å². The van der Waals surface area contributed by atoms with Crippen molar-refractivity contribution >= 4 is 16.6 Å². The number of nitrogens with two attached hydrogens (primary N) is 1. The Labute approximate surface area is 122 Å². The fourth-order valence-corrected chi connectivity index (χ4v) is 2.09. The molecule has 2 N–H and O–H groups in total. The van der Waals surface area contributed by atoms with Crippen molar-refractivity contribution in [3.8, 4) is 17.7 Å². The molecule has 0 unspecified atom stereocenters. The molecule has 0 saturated carbocycles. The summed E-state index contributed by atoms with van der Waals surface area (Å²) in [6.07, 6.45) is 0. The second kappa shape index (κ2) is 5.14. The first-order valence-electron chi connectivity index (χ1n) is 6.51. The van der Waals surface area contributed by atoms with Crippen molar-refractivity contribution in [3.05, 3.63) is 59.7 Å². The Balaban J connectivity index is 2.11. The van der Waals surface area contributed by atoms with Gasteiger partial charge < -0.3 is 10.5 Å². The number of para-hydroxylation sites is 1. The van der Waals surface area contributed by atoms with Crippen LogP contribution in [0, 0.1) is 18.3 Å². The lowest BCUT2D eigenvalue weighted by Crippen LogP contribution is -1.97. The Morgan fingerprint density at radius 1 is 1.14 bits per heavy atom. The number of hydrogen-bond acceptors (Lipinski definition) is 4. The van der Waals surface area contributed by atoms with Gasteiger partial charge in [-0.15, -0.1) is 0 Å². The van der Waals surface area contributed by atoms with Crippen LogP contribution >= 0.6 is 0 Å². The minimum atomic E-state index is 0.272. The lowest BCUT2D eigenvalue weighted by atomic mass is 10.1. The van der Waals surface area contributed by atoms with Crippen LogP contribution in [0.4, 0.5) is 5.69 Å². The standard InChI is InChI=1S/C17H13N3O/c1-11-6-7-14(19)16(8-11)21-17-13(10-18)9-12-4-2-3-5-15(12)20-17/h2-9H,19H2,1H3. The summed E-state index contributed by atoms with van der Waals surface area (Å²) in [7, 11) is 0. The van der Waals surface area contributed by atoms with Gasteiger partial charge >= 0.3 is 0 Å². The Morgan fingerprint density at radius 2 is 1.95 bits per heavy atom. The van der Waals surface area contributed by atoms with Gasteiger partial charge in [-0.25, -0.2) is 4.98 Å². The highest BCUT2D eigenvalue weighted by atomic mass is 16.5. The summed E-state index contributed by atoms with van der Waals surface area (Å²) >= 11 is 0. The van der Waals surface area contributed by atoms with Crippen molar-refractivity contribution in [2.24, 2.45) is 0 Å². The Kier molecular flexibility index (Phi) is 3.17. The fraction of sp³-hybridized carbons (Fsp3) is 0.0588. The molecule has 2 aromatic carbocycles. The molecule has 102 valence electrons. The molecule has 0 aliphatic heterocycles. The number of fused-ring (bicyclic) bond motifs is 1. The van der Waals surface area contributed by atoms with Gasteiger partial charge in [0.05, 0.1) is 11.2 Å². The van der Waals surface area contributed by atoms with Crippen LogP contribution in [0.15, 0.2) is 48.5 Å². The third-order valence-electron chi connectivity index (χ3n) is 3.19. The van der Waals surface area contributed by atoms with Gasteiger partial charge in [0, 0.05) is 5.39 Å². The van der Waals surface area contributed by atoms with E-state index in [0.717, 1.165) is 16.5 Å². The summed E-state index contributed by atoms with van der Waals surface area (Å²) in [5, 5.41) is 10.2. The maximum Gasteiger partial charge on any atom is 0.237 e. The van der Waals surface area contributed by atoms with E-state index in [-0.39, 0.29) is 5.88 Å². The van der Waals surface area contributed by atoms with Gasteiger partial charge in [0.1, 0.15) is 11.6 Å². The predicted molar refractivity (Wildman–Crippen MR) is 82.1 cm³/mol. The largest absolute Gasteiger partial charge is 0.435 e. The molecule has 0 fully saturated rings. The van der Waals surface area contributed by atoms with Crippen LogP contribution in [0.3, 0.4) is 0 Å². The number of hydrogen-bond donors (Lipinski definition) is 1. The van der Waals surface area contributed by atoms with Gasteiger partial charge in [-0.2, -0.15) is 5.26 Å². The number of aromatic nitrogens is 1. The molecule has 0 bridgehead atoms. The average molecular weight is 275 g/mol. The number of aryl methyl sites for hydroxylation is 1. The van der Waals surface area contributed by atoms with Crippen molar-refractivity contribution in [1.82, 2.24) is 4.98 Å². The topological polar surface area (TPSA) is 71.9 Å². The lowest BCUT2D eigenvalue weighted by Gasteiger charge is -2.10. The van der Waals surface area contributed by atoms with Crippen molar-refractivity contribution in [1.29, 1.82) is 5.26 Å². The zero-order valence-electron chi connectivity index (χ0n) is 11.5. The molecule has 0 saturated heterocycles. The van der Waals surface area contributed by atoms with Gasteiger partial charge in [-0.05, 0) is 36.8 Å². The maximum atomic E-state index is 9.28. The minimum absolute atomic E-state index is 0.272. The molecule has 0 radical (unpaired) electrons. The van der Waals surface area contributed by atoms with Crippen molar-refractivity contribution in [2.75, 3.05) is 5.73 Å². The first-order chi connectivity index (χ1) is 10.2. The maximum absolute atomic E-state index is 9.28. The van der Waals surface area contributed by atoms with E-state index in [4.69, 9.17) is 10.5 Å². The lowest BCUT2D eigenvalue weighted by molar-refractivity contribution is 0.465. The normalized spacial score (nSPS) is 10.3. The smallest absolute Gasteiger partial charge is 0.237 e. The number of pyridine rings is 1. The van der Waals surface area contributed by atoms with Crippen LogP contribution in [0.25, 0.3) is 10.9 Å². The van der Waals surface area contributed by atoms with E-state index in [1.54, 1.807) is 12.1 Å². The second-order valence-electron chi connectivity index (χ2n) is 4.79. The SMILES string of the molecule is Cc1ccc(N)c(Oc2nc3ccccc3cc2C#N)c1. The van der Waals surface area contributed by atoms with E-state index in [0.29, 0.717) is 17.0 Å². The molecule has 0 amide bonds. The highest BCUT2D eigenvalue weighted by Gasteiger charge is 2.11. The van der Waals surface area contributed by atoms with Gasteiger partial charge in [0.2, 0.25) is 5.88 Å². The van der Waals surface area contributed by atoms with Crippen LogP contribution in [0.5, 0.6) is 11.6 Å². The summed E-state index contributed by atoms with van der Waals surface area (Å²) in [4.78, 5) is 4.41. The number of nitrogen functional groups attached to an aromatic ring is 1. The first-order valence-corrected chi connectivity index (χ1v) is 6.51. The zero-order chi connectivity index (χ0) is 14.8. The molecule has 0 aliphatic carbocycles. The Bertz CT molecular complexity index is 866. The van der Waals surface area contributed by atoms with E-state index in [2.05, 4.69) is 11.1 Å². The summed E-state index contributed by atoms with van der Waals surface area (Å²) in [5.74, 6) is 0.780. The molecule has 3 aromatic rings. The van der Waals surface area contributed by atoms with Crippen molar-refractivity contribution < 1.29 is 4.74 Å². The third kappa shape index (κ3) is 2.49. The quantitative estimate of drug-likeness (QED) is 0.722. The number of nitrogens with zero attached hydrogens (tertiary/aromatic N) is 2. The molecular formula is C17H13N3O. The van der Waals surface area contributed by atoms with Crippen molar-refractivity contribution in [3.63, 3.8) is 0 Å². The number of anilines is 1. The summed E-state index contributed by atoms with van der Waals surface area (Å²) in [6.45, 7) is 1.95. The van der Waals surface area contributed by atoms with Crippen LogP contribution in [0.1, 0.15) is 11.1 Å². The molecule has 1 heterocycles. The number of ether oxygens (including phenoxy) is 1. The van der Waals surface area contributed by atoms with E-state index in [9.17, 15) is 5.26 Å². The Morgan fingerprint density at radius 3 is 2.76 bits per heavy atom. The van der Waals surface area contributed by atoms with E-state index < -0.39 is 0 Å². The van der Waals surface area contributed by atoms with Crippen LogP contribution in [-0.2, 0) is 0 Å². The molecule has 21 heavy (non-hydrogen) atoms. The predicted octanol–water partition coefficient (Wildman–Crippen LogP) is 3.79. The molecule has 0 spiro atoms. The van der Waals surface area contributed by atoms with Gasteiger partial charge in [0.15, 0.2) is 5.75 Å².